The molecule has 0 bridgehead atoms. The van der Waals surface area contributed by atoms with E-state index in [9.17, 15) is 9.59 Å². The summed E-state index contributed by atoms with van der Waals surface area (Å²) in [4.78, 5) is 27.5. The number of carboxylic acids is 1. The molecule has 0 aromatic heterocycles. The third kappa shape index (κ3) is 4.95. The first kappa shape index (κ1) is 19.7. The number of halogens is 1. The van der Waals surface area contributed by atoms with Crippen LogP contribution in [0.2, 0.25) is 5.02 Å². The molecule has 1 amide bonds. The van der Waals surface area contributed by atoms with Crippen molar-refractivity contribution in [2.45, 2.75) is 45.6 Å². The van der Waals surface area contributed by atoms with Gasteiger partial charge in [-0.15, -0.1) is 0 Å². The molecule has 1 aromatic carbocycles. The van der Waals surface area contributed by atoms with Crippen molar-refractivity contribution in [3.05, 3.63) is 34.3 Å². The summed E-state index contributed by atoms with van der Waals surface area (Å²) in [6, 6.07) is 5.75. The third-order valence-corrected chi connectivity index (χ3v) is 5.21. The van der Waals surface area contributed by atoms with E-state index >= 15 is 0 Å². The number of carbonyl (C=O) groups is 2. The van der Waals surface area contributed by atoms with Crippen molar-refractivity contribution in [3.63, 3.8) is 0 Å². The number of amides is 1. The summed E-state index contributed by atoms with van der Waals surface area (Å²) in [6.45, 7) is 8.16. The van der Waals surface area contributed by atoms with Gasteiger partial charge in [0.1, 0.15) is 0 Å². The Balaban J connectivity index is 1.99. The number of carbonyl (C=O) groups excluding carboxylic acids is 1. The fraction of sp³-hybridized carbons (Fsp3) is 0.579. The predicted molar refractivity (Wildman–Crippen MR) is 99.3 cm³/mol. The minimum absolute atomic E-state index is 0.00283. The van der Waals surface area contributed by atoms with E-state index in [1.807, 2.05) is 28.9 Å². The zero-order chi connectivity index (χ0) is 18.6. The number of piperidine rings is 1. The minimum atomic E-state index is -0.805. The van der Waals surface area contributed by atoms with Crippen LogP contribution < -0.4 is 0 Å². The zero-order valence-corrected chi connectivity index (χ0v) is 15.9. The first-order valence-corrected chi connectivity index (χ1v) is 9.25. The van der Waals surface area contributed by atoms with E-state index in [-0.39, 0.29) is 18.5 Å². The molecular weight excluding hydrogens is 340 g/mol. The molecule has 1 heterocycles. The van der Waals surface area contributed by atoms with Gasteiger partial charge in [-0.3, -0.25) is 14.5 Å². The van der Waals surface area contributed by atoms with Gasteiger partial charge in [0, 0.05) is 29.7 Å². The molecule has 0 atom stereocenters. The van der Waals surface area contributed by atoms with Crippen LogP contribution in [0.1, 0.15) is 55.5 Å². The summed E-state index contributed by atoms with van der Waals surface area (Å²) >= 11 is 6.31. The number of aliphatic carboxylic acids is 1. The SMILES string of the molecule is CCN(CC(=O)O)C1CCN(C(=O)c2ccc(C(C)C)c(Cl)c2)CC1. The van der Waals surface area contributed by atoms with Crippen molar-refractivity contribution in [1.29, 1.82) is 0 Å². The second kappa shape index (κ2) is 8.68. The largest absolute Gasteiger partial charge is 0.480 e. The molecule has 1 aliphatic heterocycles. The molecule has 0 aliphatic carbocycles. The van der Waals surface area contributed by atoms with Crippen molar-refractivity contribution < 1.29 is 14.7 Å². The maximum Gasteiger partial charge on any atom is 0.317 e. The number of carboxylic acid groups (broad SMARTS) is 1. The van der Waals surface area contributed by atoms with E-state index in [1.165, 1.54) is 0 Å². The lowest BCUT2D eigenvalue weighted by Gasteiger charge is -2.37. The maximum atomic E-state index is 12.7. The molecule has 25 heavy (non-hydrogen) atoms. The molecule has 0 saturated carbocycles. The van der Waals surface area contributed by atoms with Crippen molar-refractivity contribution in [2.24, 2.45) is 0 Å². The molecule has 2 rings (SSSR count). The van der Waals surface area contributed by atoms with Crippen LogP contribution in [0.5, 0.6) is 0 Å². The van der Waals surface area contributed by atoms with Crippen LogP contribution in [0.15, 0.2) is 18.2 Å². The first-order valence-electron chi connectivity index (χ1n) is 8.88. The van der Waals surface area contributed by atoms with E-state index in [0.717, 1.165) is 18.4 Å². The van der Waals surface area contributed by atoms with Crippen LogP contribution in [-0.2, 0) is 4.79 Å². The molecular formula is C19H27ClN2O3. The highest BCUT2D eigenvalue weighted by Gasteiger charge is 2.28. The van der Waals surface area contributed by atoms with Crippen molar-refractivity contribution in [2.75, 3.05) is 26.2 Å². The Morgan fingerprint density at radius 1 is 1.32 bits per heavy atom. The van der Waals surface area contributed by atoms with Crippen LogP contribution >= 0.6 is 11.6 Å². The highest BCUT2D eigenvalue weighted by molar-refractivity contribution is 6.31. The highest BCUT2D eigenvalue weighted by atomic mass is 35.5. The summed E-state index contributed by atoms with van der Waals surface area (Å²) in [5, 5.41) is 9.64. The average molecular weight is 367 g/mol. The minimum Gasteiger partial charge on any atom is -0.480 e. The van der Waals surface area contributed by atoms with Crippen LogP contribution in [0.3, 0.4) is 0 Å². The van der Waals surface area contributed by atoms with Gasteiger partial charge in [-0.05, 0) is 43.0 Å². The zero-order valence-electron chi connectivity index (χ0n) is 15.2. The Morgan fingerprint density at radius 2 is 1.96 bits per heavy atom. The van der Waals surface area contributed by atoms with Crippen molar-refractivity contribution in [3.8, 4) is 0 Å². The normalized spacial score (nSPS) is 15.8. The predicted octanol–water partition coefficient (Wildman–Crippen LogP) is 3.47. The number of likely N-dealkylation sites (tertiary alicyclic amines) is 1. The Morgan fingerprint density at radius 3 is 2.44 bits per heavy atom. The molecule has 1 N–H and O–H groups in total. The number of hydrogen-bond acceptors (Lipinski definition) is 3. The van der Waals surface area contributed by atoms with Gasteiger partial charge in [0.25, 0.3) is 5.91 Å². The molecule has 6 heteroatoms. The van der Waals surface area contributed by atoms with E-state index in [1.54, 1.807) is 6.07 Å². The summed E-state index contributed by atoms with van der Waals surface area (Å²) in [7, 11) is 0. The molecule has 0 radical (unpaired) electrons. The molecule has 138 valence electrons. The van der Waals surface area contributed by atoms with Gasteiger partial charge in [-0.25, -0.2) is 0 Å². The number of hydrogen-bond donors (Lipinski definition) is 1. The van der Waals surface area contributed by atoms with Gasteiger partial charge in [0.2, 0.25) is 0 Å². The second-order valence-electron chi connectivity index (χ2n) is 6.87. The molecule has 0 spiro atoms. The van der Waals surface area contributed by atoms with Gasteiger partial charge >= 0.3 is 5.97 Å². The Hall–Kier alpha value is -1.59. The second-order valence-corrected chi connectivity index (χ2v) is 7.28. The van der Waals surface area contributed by atoms with Crippen LogP contribution in [0.4, 0.5) is 0 Å². The highest BCUT2D eigenvalue weighted by Crippen LogP contribution is 2.26. The Labute approximate surface area is 154 Å². The average Bonchev–Trinajstić information content (AvgIpc) is 2.58. The van der Waals surface area contributed by atoms with E-state index < -0.39 is 5.97 Å². The standard InChI is InChI=1S/C19H27ClN2O3/c1-4-21(12-18(23)24)15-7-9-22(10-8-15)19(25)14-5-6-16(13(2)3)17(20)11-14/h5-6,11,13,15H,4,7-10,12H2,1-3H3,(H,23,24). The van der Waals surface area contributed by atoms with Crippen molar-refractivity contribution in [1.82, 2.24) is 9.80 Å². The summed E-state index contributed by atoms with van der Waals surface area (Å²) in [5.41, 5.74) is 1.66. The Bertz CT molecular complexity index is 625. The molecule has 1 aromatic rings. The molecule has 1 fully saturated rings. The Kier molecular flexibility index (Phi) is 6.85. The van der Waals surface area contributed by atoms with Gasteiger partial charge in [0.15, 0.2) is 0 Å². The number of benzene rings is 1. The molecule has 0 unspecified atom stereocenters. The molecule has 1 saturated heterocycles. The molecule has 1 aliphatic rings. The topological polar surface area (TPSA) is 60.9 Å². The number of rotatable bonds is 6. The van der Waals surface area contributed by atoms with Crippen LogP contribution in [0.25, 0.3) is 0 Å². The summed E-state index contributed by atoms with van der Waals surface area (Å²) < 4.78 is 0. The maximum absolute atomic E-state index is 12.7. The lowest BCUT2D eigenvalue weighted by molar-refractivity contribution is -0.139. The molecule has 5 nitrogen and oxygen atoms in total. The first-order chi connectivity index (χ1) is 11.8. The van der Waals surface area contributed by atoms with Gasteiger partial charge in [-0.2, -0.15) is 0 Å². The van der Waals surface area contributed by atoms with Crippen LogP contribution in [-0.4, -0.2) is 59.0 Å². The smallest absolute Gasteiger partial charge is 0.317 e. The van der Waals surface area contributed by atoms with Crippen molar-refractivity contribution >= 4 is 23.5 Å². The number of nitrogens with zero attached hydrogens (tertiary/aromatic N) is 2. The lowest BCUT2D eigenvalue weighted by atomic mass is 9.99. The van der Waals surface area contributed by atoms with Crippen LogP contribution in [0, 0.1) is 0 Å². The van der Waals surface area contributed by atoms with E-state index in [2.05, 4.69) is 13.8 Å². The van der Waals surface area contributed by atoms with E-state index in [4.69, 9.17) is 16.7 Å². The van der Waals surface area contributed by atoms with Gasteiger partial charge in [0.05, 0.1) is 6.54 Å². The monoisotopic (exact) mass is 366 g/mol. The fourth-order valence-corrected chi connectivity index (χ4v) is 3.82. The fourth-order valence-electron chi connectivity index (χ4n) is 3.42. The van der Waals surface area contributed by atoms with E-state index in [0.29, 0.717) is 36.1 Å². The third-order valence-electron chi connectivity index (χ3n) is 4.88. The van der Waals surface area contributed by atoms with Gasteiger partial charge < -0.3 is 10.0 Å². The summed E-state index contributed by atoms with van der Waals surface area (Å²) in [6.07, 6.45) is 1.59. The van der Waals surface area contributed by atoms with Gasteiger partial charge in [-0.1, -0.05) is 38.4 Å². The number of likely N-dealkylation sites (N-methyl/N-ethyl adjacent to an activating group) is 1. The summed E-state index contributed by atoms with van der Waals surface area (Å²) in [5.74, 6) is -0.487. The quantitative estimate of drug-likeness (QED) is 0.837. The lowest BCUT2D eigenvalue weighted by Crippen LogP contribution is -2.48.